The fraction of sp³-hybridized carbons (Fsp3) is 0.545. The number of hydrogen-bond donors (Lipinski definition) is 1. The molecule has 0 spiro atoms. The Bertz CT molecular complexity index is 805. The molecule has 1 aliphatic heterocycles. The van der Waals surface area contributed by atoms with E-state index in [4.69, 9.17) is 4.98 Å². The molecule has 0 saturated carbocycles. The third-order valence-corrected chi connectivity index (χ3v) is 5.14. The van der Waals surface area contributed by atoms with E-state index in [9.17, 15) is 4.79 Å². The first-order valence-electron chi connectivity index (χ1n) is 10.1. The van der Waals surface area contributed by atoms with E-state index in [0.717, 1.165) is 48.7 Å². The maximum atomic E-state index is 12.2. The van der Waals surface area contributed by atoms with Gasteiger partial charge in [0.15, 0.2) is 0 Å². The van der Waals surface area contributed by atoms with Gasteiger partial charge in [-0.1, -0.05) is 34.6 Å². The standard InChI is InChI=1S/C22H31N5O/c1-15(2)19-18(16-6-10-23-11-7-16)14-24-21(26-19)27-12-8-17(9-13-27)25-20(28)22(3,4)5/h6-7,10-11,14-15,17H,8-9,12-13H2,1-5H3,(H,25,28). The van der Waals surface area contributed by atoms with Crippen molar-refractivity contribution in [3.63, 3.8) is 0 Å². The van der Waals surface area contributed by atoms with E-state index in [-0.39, 0.29) is 17.4 Å². The van der Waals surface area contributed by atoms with Gasteiger partial charge in [-0.25, -0.2) is 9.97 Å². The van der Waals surface area contributed by atoms with Crippen molar-refractivity contribution < 1.29 is 4.79 Å². The highest BCUT2D eigenvalue weighted by molar-refractivity contribution is 5.81. The normalized spacial score (nSPS) is 15.7. The van der Waals surface area contributed by atoms with Crippen molar-refractivity contribution in [3.05, 3.63) is 36.4 Å². The third kappa shape index (κ3) is 4.66. The molecule has 1 fully saturated rings. The van der Waals surface area contributed by atoms with Gasteiger partial charge >= 0.3 is 0 Å². The number of hydrogen-bond acceptors (Lipinski definition) is 5. The Kier molecular flexibility index (Phi) is 5.96. The van der Waals surface area contributed by atoms with Crippen LogP contribution in [0.5, 0.6) is 0 Å². The number of carbonyl (C=O) groups excluding carboxylic acids is 1. The fourth-order valence-electron chi connectivity index (χ4n) is 3.36. The molecule has 1 aliphatic rings. The number of anilines is 1. The van der Waals surface area contributed by atoms with E-state index in [1.54, 1.807) is 12.4 Å². The average molecular weight is 382 g/mol. The number of nitrogens with zero attached hydrogens (tertiary/aromatic N) is 4. The highest BCUT2D eigenvalue weighted by Crippen LogP contribution is 2.29. The van der Waals surface area contributed by atoms with Crippen molar-refractivity contribution in [2.75, 3.05) is 18.0 Å². The van der Waals surface area contributed by atoms with Crippen molar-refractivity contribution in [2.24, 2.45) is 5.41 Å². The quantitative estimate of drug-likeness (QED) is 0.872. The molecule has 0 aromatic carbocycles. The summed E-state index contributed by atoms with van der Waals surface area (Å²) in [6.07, 6.45) is 7.34. The summed E-state index contributed by atoms with van der Waals surface area (Å²) in [5, 5.41) is 3.18. The molecule has 150 valence electrons. The molecule has 3 rings (SSSR count). The van der Waals surface area contributed by atoms with E-state index >= 15 is 0 Å². The van der Waals surface area contributed by atoms with Gasteiger partial charge in [-0.15, -0.1) is 0 Å². The minimum atomic E-state index is -0.352. The lowest BCUT2D eigenvalue weighted by atomic mass is 9.94. The van der Waals surface area contributed by atoms with Crippen LogP contribution in [0.2, 0.25) is 0 Å². The molecule has 0 atom stereocenters. The first-order valence-corrected chi connectivity index (χ1v) is 10.1. The second kappa shape index (κ2) is 8.25. The second-order valence-electron chi connectivity index (χ2n) is 8.84. The van der Waals surface area contributed by atoms with Crippen LogP contribution in [0.3, 0.4) is 0 Å². The minimum Gasteiger partial charge on any atom is -0.353 e. The molecule has 2 aromatic rings. The molecule has 0 aliphatic carbocycles. The zero-order chi connectivity index (χ0) is 20.3. The van der Waals surface area contributed by atoms with Crippen molar-refractivity contribution >= 4 is 11.9 Å². The Morgan fingerprint density at radius 2 is 1.82 bits per heavy atom. The predicted octanol–water partition coefficient (Wildman–Crippen LogP) is 3.79. The molecule has 0 bridgehead atoms. The summed E-state index contributed by atoms with van der Waals surface area (Å²) in [5.41, 5.74) is 2.86. The van der Waals surface area contributed by atoms with Crippen LogP contribution in [-0.2, 0) is 4.79 Å². The molecule has 0 radical (unpaired) electrons. The second-order valence-corrected chi connectivity index (χ2v) is 8.84. The lowest BCUT2D eigenvalue weighted by molar-refractivity contribution is -0.129. The lowest BCUT2D eigenvalue weighted by Gasteiger charge is -2.34. The van der Waals surface area contributed by atoms with Crippen LogP contribution >= 0.6 is 0 Å². The highest BCUT2D eigenvalue weighted by Gasteiger charge is 2.27. The fourth-order valence-corrected chi connectivity index (χ4v) is 3.36. The van der Waals surface area contributed by atoms with Gasteiger partial charge in [-0.05, 0) is 36.5 Å². The van der Waals surface area contributed by atoms with Crippen molar-refractivity contribution in [2.45, 2.75) is 59.4 Å². The van der Waals surface area contributed by atoms with Gasteiger partial charge in [0, 0.05) is 48.7 Å². The predicted molar refractivity (Wildman–Crippen MR) is 112 cm³/mol. The third-order valence-electron chi connectivity index (χ3n) is 5.14. The largest absolute Gasteiger partial charge is 0.353 e. The monoisotopic (exact) mass is 381 g/mol. The van der Waals surface area contributed by atoms with Gasteiger partial charge in [0.05, 0.1) is 5.69 Å². The Labute approximate surface area is 167 Å². The SMILES string of the molecule is CC(C)c1nc(N2CCC(NC(=O)C(C)(C)C)CC2)ncc1-c1ccncc1. The number of aromatic nitrogens is 3. The maximum absolute atomic E-state index is 12.2. The van der Waals surface area contributed by atoms with Gasteiger partial charge in [0.1, 0.15) is 0 Å². The highest BCUT2D eigenvalue weighted by atomic mass is 16.2. The van der Waals surface area contributed by atoms with E-state index in [1.807, 2.05) is 39.1 Å². The molecule has 3 heterocycles. The Hall–Kier alpha value is -2.50. The van der Waals surface area contributed by atoms with Crippen LogP contribution in [0.4, 0.5) is 5.95 Å². The van der Waals surface area contributed by atoms with Gasteiger partial charge in [-0.2, -0.15) is 0 Å². The van der Waals surface area contributed by atoms with E-state index in [2.05, 4.69) is 34.0 Å². The Morgan fingerprint density at radius 3 is 2.39 bits per heavy atom. The summed E-state index contributed by atoms with van der Waals surface area (Å²) in [5.74, 6) is 1.20. The van der Waals surface area contributed by atoms with E-state index in [0.29, 0.717) is 5.92 Å². The zero-order valence-corrected chi connectivity index (χ0v) is 17.6. The number of amides is 1. The summed E-state index contributed by atoms with van der Waals surface area (Å²) in [6, 6.07) is 4.21. The average Bonchev–Trinajstić information content (AvgIpc) is 2.68. The summed E-state index contributed by atoms with van der Waals surface area (Å²) in [7, 11) is 0. The van der Waals surface area contributed by atoms with Crippen LogP contribution in [0.25, 0.3) is 11.1 Å². The van der Waals surface area contributed by atoms with Gasteiger partial charge < -0.3 is 10.2 Å². The summed E-state index contributed by atoms with van der Waals surface area (Å²) >= 11 is 0. The number of piperidine rings is 1. The van der Waals surface area contributed by atoms with Crippen molar-refractivity contribution in [3.8, 4) is 11.1 Å². The van der Waals surface area contributed by atoms with Crippen LogP contribution in [0, 0.1) is 5.41 Å². The molecule has 0 unspecified atom stereocenters. The van der Waals surface area contributed by atoms with Crippen molar-refractivity contribution in [1.82, 2.24) is 20.3 Å². The van der Waals surface area contributed by atoms with Crippen molar-refractivity contribution in [1.29, 1.82) is 0 Å². The summed E-state index contributed by atoms with van der Waals surface area (Å²) in [4.78, 5) is 28.1. The zero-order valence-electron chi connectivity index (χ0n) is 17.6. The Morgan fingerprint density at radius 1 is 1.18 bits per heavy atom. The number of pyridine rings is 1. The minimum absolute atomic E-state index is 0.117. The molecular formula is C22H31N5O. The molecule has 2 aromatic heterocycles. The molecule has 28 heavy (non-hydrogen) atoms. The number of nitrogens with one attached hydrogen (secondary N) is 1. The van der Waals surface area contributed by atoms with Crippen LogP contribution in [0.15, 0.2) is 30.7 Å². The maximum Gasteiger partial charge on any atom is 0.225 e. The molecule has 1 N–H and O–H groups in total. The lowest BCUT2D eigenvalue weighted by Crippen LogP contribution is -2.48. The molecule has 6 heteroatoms. The first kappa shape index (κ1) is 20.2. The van der Waals surface area contributed by atoms with Crippen LogP contribution in [0.1, 0.15) is 59.1 Å². The van der Waals surface area contributed by atoms with Crippen LogP contribution in [-0.4, -0.2) is 40.0 Å². The smallest absolute Gasteiger partial charge is 0.225 e. The molecule has 6 nitrogen and oxygen atoms in total. The van der Waals surface area contributed by atoms with Gasteiger partial charge in [0.2, 0.25) is 11.9 Å². The van der Waals surface area contributed by atoms with E-state index in [1.165, 1.54) is 0 Å². The molecule has 1 saturated heterocycles. The number of rotatable bonds is 4. The number of carbonyl (C=O) groups is 1. The van der Waals surface area contributed by atoms with Crippen LogP contribution < -0.4 is 10.2 Å². The van der Waals surface area contributed by atoms with Gasteiger partial charge in [0.25, 0.3) is 0 Å². The molecule has 1 amide bonds. The first-order chi connectivity index (χ1) is 13.3. The summed E-state index contributed by atoms with van der Waals surface area (Å²) < 4.78 is 0. The molecular weight excluding hydrogens is 350 g/mol. The topological polar surface area (TPSA) is 71.0 Å². The van der Waals surface area contributed by atoms with Gasteiger partial charge in [-0.3, -0.25) is 9.78 Å². The Balaban J connectivity index is 1.72. The summed E-state index contributed by atoms with van der Waals surface area (Å²) in [6.45, 7) is 11.9. The van der Waals surface area contributed by atoms with E-state index < -0.39 is 0 Å².